The molecule has 2 aromatic carbocycles. The third-order valence-electron chi connectivity index (χ3n) is 6.41. The van der Waals surface area contributed by atoms with Crippen LogP contribution in [-0.4, -0.2) is 62.3 Å². The van der Waals surface area contributed by atoms with E-state index in [1.165, 1.54) is 23.5 Å². The standard InChI is InChI=1S/C28H34ClN3O7S2/c1-19(2)16-31(41(36,37)22-7-8-23(29)24(15-22)32(34)35)18-28(33)30(17-27-20(3)11-13-40-27)12-10-21-6-9-25(38-4)26(14-21)39-5/h6-9,11,13-15,19H,10,12,16-18H2,1-5H3. The summed E-state index contributed by atoms with van der Waals surface area (Å²) in [5.41, 5.74) is 1.44. The van der Waals surface area contributed by atoms with Gasteiger partial charge < -0.3 is 14.4 Å². The first-order valence-corrected chi connectivity index (χ1v) is 15.5. The zero-order valence-corrected chi connectivity index (χ0v) is 26.0. The average molecular weight is 624 g/mol. The van der Waals surface area contributed by atoms with Crippen molar-refractivity contribution in [2.45, 2.75) is 38.6 Å². The monoisotopic (exact) mass is 623 g/mol. The second kappa shape index (κ2) is 14.1. The van der Waals surface area contributed by atoms with Crippen LogP contribution in [0.5, 0.6) is 11.5 Å². The maximum atomic E-state index is 13.8. The summed E-state index contributed by atoms with van der Waals surface area (Å²) in [6.07, 6.45) is 0.497. The highest BCUT2D eigenvalue weighted by Gasteiger charge is 2.31. The number of nitrogens with zero attached hydrogens (tertiary/aromatic N) is 3. The summed E-state index contributed by atoms with van der Waals surface area (Å²) in [4.78, 5) is 26.8. The van der Waals surface area contributed by atoms with E-state index in [4.69, 9.17) is 21.1 Å². The van der Waals surface area contributed by atoms with Crippen LogP contribution in [0.15, 0.2) is 52.7 Å². The molecule has 222 valence electrons. The lowest BCUT2D eigenvalue weighted by Crippen LogP contribution is -2.44. The number of nitro benzene ring substituents is 1. The van der Waals surface area contributed by atoms with E-state index < -0.39 is 27.2 Å². The molecule has 0 aliphatic carbocycles. The Hall–Kier alpha value is -3.19. The molecule has 0 bridgehead atoms. The second-order valence-electron chi connectivity index (χ2n) is 9.84. The Labute approximate surface area is 249 Å². The Kier molecular flexibility index (Phi) is 11.1. The minimum absolute atomic E-state index is 0.0477. The normalized spacial score (nSPS) is 11.6. The van der Waals surface area contributed by atoms with Crippen molar-refractivity contribution in [2.75, 3.05) is 33.9 Å². The fraction of sp³-hybridized carbons (Fsp3) is 0.393. The first kappa shape index (κ1) is 32.3. The van der Waals surface area contributed by atoms with E-state index in [1.54, 1.807) is 25.2 Å². The number of methoxy groups -OCH3 is 2. The largest absolute Gasteiger partial charge is 0.493 e. The first-order chi connectivity index (χ1) is 19.4. The molecule has 0 unspecified atom stereocenters. The van der Waals surface area contributed by atoms with Gasteiger partial charge >= 0.3 is 0 Å². The zero-order chi connectivity index (χ0) is 30.3. The fourth-order valence-electron chi connectivity index (χ4n) is 4.18. The summed E-state index contributed by atoms with van der Waals surface area (Å²) < 4.78 is 39.1. The van der Waals surface area contributed by atoms with E-state index in [-0.39, 0.29) is 28.3 Å². The molecular formula is C28H34ClN3O7S2. The molecule has 13 heteroatoms. The van der Waals surface area contributed by atoms with Crippen molar-refractivity contribution in [1.82, 2.24) is 9.21 Å². The molecule has 3 aromatic rings. The van der Waals surface area contributed by atoms with E-state index >= 15 is 0 Å². The molecule has 1 aromatic heterocycles. The molecule has 0 aliphatic heterocycles. The summed E-state index contributed by atoms with van der Waals surface area (Å²) in [7, 11) is -1.15. The van der Waals surface area contributed by atoms with Gasteiger partial charge in [-0.25, -0.2) is 8.42 Å². The minimum atomic E-state index is -4.26. The maximum Gasteiger partial charge on any atom is 0.289 e. The van der Waals surface area contributed by atoms with Crippen molar-refractivity contribution in [3.05, 3.63) is 79.0 Å². The van der Waals surface area contributed by atoms with Crippen molar-refractivity contribution in [3.63, 3.8) is 0 Å². The van der Waals surface area contributed by atoms with Crippen molar-refractivity contribution >= 4 is 44.6 Å². The van der Waals surface area contributed by atoms with Crippen molar-refractivity contribution in [3.8, 4) is 11.5 Å². The molecule has 0 aliphatic rings. The number of hydrogen-bond donors (Lipinski definition) is 0. The smallest absolute Gasteiger partial charge is 0.289 e. The molecule has 3 rings (SSSR count). The Bertz CT molecular complexity index is 1490. The van der Waals surface area contributed by atoms with Gasteiger partial charge in [0.1, 0.15) is 5.02 Å². The number of amides is 1. The van der Waals surface area contributed by atoms with Gasteiger partial charge in [-0.05, 0) is 66.1 Å². The number of rotatable bonds is 14. The van der Waals surface area contributed by atoms with E-state index in [0.717, 1.165) is 26.4 Å². The molecule has 0 fully saturated rings. The summed E-state index contributed by atoms with van der Waals surface area (Å²) in [6.45, 7) is 5.90. The summed E-state index contributed by atoms with van der Waals surface area (Å²) in [5, 5.41) is 13.2. The third kappa shape index (κ3) is 8.19. The maximum absolute atomic E-state index is 13.8. The molecule has 0 saturated carbocycles. The van der Waals surface area contributed by atoms with Crippen molar-refractivity contribution in [2.24, 2.45) is 5.92 Å². The van der Waals surface area contributed by atoms with E-state index in [9.17, 15) is 23.3 Å². The Morgan fingerprint density at radius 3 is 2.39 bits per heavy atom. The number of benzene rings is 2. The van der Waals surface area contributed by atoms with Crippen LogP contribution < -0.4 is 9.47 Å². The number of aryl methyl sites for hydroxylation is 1. The molecule has 0 radical (unpaired) electrons. The molecule has 10 nitrogen and oxygen atoms in total. The molecule has 0 N–H and O–H groups in total. The van der Waals surface area contributed by atoms with Crippen molar-refractivity contribution < 1.29 is 27.6 Å². The van der Waals surface area contributed by atoms with Crippen LogP contribution in [0.25, 0.3) is 0 Å². The van der Waals surface area contributed by atoms with Crippen LogP contribution in [0, 0.1) is 23.0 Å². The van der Waals surface area contributed by atoms with Gasteiger partial charge in [0.25, 0.3) is 5.69 Å². The van der Waals surface area contributed by atoms with Crippen LogP contribution in [0.1, 0.15) is 29.9 Å². The summed E-state index contributed by atoms with van der Waals surface area (Å²) in [6, 6.07) is 10.8. The fourth-order valence-corrected chi connectivity index (χ4v) is 6.86. The average Bonchev–Trinajstić information content (AvgIpc) is 3.33. The zero-order valence-electron chi connectivity index (χ0n) is 23.6. The number of halogens is 1. The molecule has 0 atom stereocenters. The highest BCUT2D eigenvalue weighted by Crippen LogP contribution is 2.30. The van der Waals surface area contributed by atoms with Gasteiger partial charge in [0, 0.05) is 24.0 Å². The highest BCUT2D eigenvalue weighted by molar-refractivity contribution is 7.89. The number of sulfonamides is 1. The molecule has 1 heterocycles. The van der Waals surface area contributed by atoms with Gasteiger partial charge in [-0.15, -0.1) is 11.3 Å². The number of ether oxygens (including phenoxy) is 2. The predicted octanol–water partition coefficient (Wildman–Crippen LogP) is 5.55. The second-order valence-corrected chi connectivity index (χ2v) is 13.2. The number of nitro groups is 1. The Morgan fingerprint density at radius 1 is 1.10 bits per heavy atom. The summed E-state index contributed by atoms with van der Waals surface area (Å²) >= 11 is 7.43. The Morgan fingerprint density at radius 2 is 1.80 bits per heavy atom. The number of carbonyl (C=O) groups excluding carboxylic acids is 1. The molecule has 1 amide bonds. The number of thiophene rings is 1. The predicted molar refractivity (Wildman–Crippen MR) is 159 cm³/mol. The van der Waals surface area contributed by atoms with Crippen LogP contribution >= 0.6 is 22.9 Å². The van der Waals surface area contributed by atoms with Gasteiger partial charge in [0.05, 0.1) is 37.1 Å². The molecular weight excluding hydrogens is 590 g/mol. The SMILES string of the molecule is COc1ccc(CCN(Cc2sccc2C)C(=O)CN(CC(C)C)S(=O)(=O)c2ccc(Cl)c([N+](=O)[O-])c2)cc1OC. The van der Waals surface area contributed by atoms with Crippen LogP contribution in [0.4, 0.5) is 5.69 Å². The summed E-state index contributed by atoms with van der Waals surface area (Å²) in [5.74, 6) is 0.671. The minimum Gasteiger partial charge on any atom is -0.493 e. The lowest BCUT2D eigenvalue weighted by Gasteiger charge is -2.28. The molecule has 0 spiro atoms. The number of carbonyl (C=O) groups is 1. The third-order valence-corrected chi connectivity index (χ3v) is 9.54. The van der Waals surface area contributed by atoms with Crippen LogP contribution in [-0.2, 0) is 27.8 Å². The van der Waals surface area contributed by atoms with E-state index in [2.05, 4.69) is 0 Å². The highest BCUT2D eigenvalue weighted by atomic mass is 35.5. The van der Waals surface area contributed by atoms with Gasteiger partial charge in [-0.1, -0.05) is 31.5 Å². The lowest BCUT2D eigenvalue weighted by molar-refractivity contribution is -0.384. The Balaban J connectivity index is 1.91. The van der Waals surface area contributed by atoms with Gasteiger partial charge in [0.15, 0.2) is 11.5 Å². The van der Waals surface area contributed by atoms with Crippen molar-refractivity contribution in [1.29, 1.82) is 0 Å². The quantitative estimate of drug-likeness (QED) is 0.170. The van der Waals surface area contributed by atoms with Crippen LogP contribution in [0.2, 0.25) is 5.02 Å². The van der Waals surface area contributed by atoms with Gasteiger partial charge in [-0.3, -0.25) is 14.9 Å². The molecule has 0 saturated heterocycles. The van der Waals surface area contributed by atoms with E-state index in [0.29, 0.717) is 31.0 Å². The lowest BCUT2D eigenvalue weighted by atomic mass is 10.1. The first-order valence-electron chi connectivity index (χ1n) is 12.8. The topological polar surface area (TPSA) is 119 Å². The van der Waals surface area contributed by atoms with E-state index in [1.807, 2.05) is 44.4 Å². The van der Waals surface area contributed by atoms with Gasteiger partial charge in [0.2, 0.25) is 15.9 Å². The number of hydrogen-bond acceptors (Lipinski definition) is 8. The van der Waals surface area contributed by atoms with Gasteiger partial charge in [-0.2, -0.15) is 4.31 Å². The molecule has 41 heavy (non-hydrogen) atoms. The van der Waals surface area contributed by atoms with Crippen LogP contribution in [0.3, 0.4) is 0 Å².